The lowest BCUT2D eigenvalue weighted by molar-refractivity contribution is -0.384. The smallest absolute Gasteiger partial charge is 0.357 e. The maximum Gasteiger partial charge on any atom is 0.357 e. The van der Waals surface area contributed by atoms with Crippen LogP contribution < -0.4 is 20.1 Å². The molecule has 2 aromatic carbocycles. The number of aromatic nitrogens is 2. The molecule has 0 aliphatic carbocycles. The summed E-state index contributed by atoms with van der Waals surface area (Å²) < 4.78 is 16.3. The Balaban J connectivity index is 0.000000254. The Morgan fingerprint density at radius 3 is 1.52 bits per heavy atom. The second-order valence-electron chi connectivity index (χ2n) is 10.1. The summed E-state index contributed by atoms with van der Waals surface area (Å²) in [5, 5.41) is 36.3. The fraction of sp³-hybridized carbons (Fsp3) is 0.200. The van der Waals surface area contributed by atoms with Gasteiger partial charge in [0.05, 0.1) is 22.0 Å². The Hall–Kier alpha value is -6.32. The van der Waals surface area contributed by atoms with Gasteiger partial charge in [-0.1, -0.05) is 0 Å². The van der Waals surface area contributed by atoms with Crippen molar-refractivity contribution in [2.75, 3.05) is 24.7 Å². The predicted molar refractivity (Wildman–Crippen MR) is 166 cm³/mol. The summed E-state index contributed by atoms with van der Waals surface area (Å²) in [5.74, 6) is -0.710. The zero-order valence-electron chi connectivity index (χ0n) is 25.3. The molecule has 0 aliphatic rings. The van der Waals surface area contributed by atoms with Crippen molar-refractivity contribution >= 4 is 34.7 Å². The van der Waals surface area contributed by atoms with Crippen LogP contribution in [0.5, 0.6) is 23.0 Å². The van der Waals surface area contributed by atoms with Gasteiger partial charge in [-0.25, -0.2) is 19.6 Å². The summed E-state index contributed by atoms with van der Waals surface area (Å²) >= 11 is 0. The van der Waals surface area contributed by atoms with Crippen LogP contribution in [0.25, 0.3) is 0 Å². The molecule has 4 aromatic rings. The van der Waals surface area contributed by atoms with Gasteiger partial charge in [-0.05, 0) is 57.2 Å². The molecule has 240 valence electrons. The van der Waals surface area contributed by atoms with Crippen molar-refractivity contribution in [2.24, 2.45) is 0 Å². The summed E-state index contributed by atoms with van der Waals surface area (Å²) in [6, 6.07) is 14.4. The average Bonchev–Trinajstić information content (AvgIpc) is 3.00. The predicted octanol–water partition coefficient (Wildman–Crippen LogP) is 6.30. The van der Waals surface area contributed by atoms with Gasteiger partial charge in [0.1, 0.15) is 40.0 Å². The number of rotatable bonds is 10. The third-order valence-corrected chi connectivity index (χ3v) is 5.63. The molecule has 0 radical (unpaired) electrons. The van der Waals surface area contributed by atoms with Crippen molar-refractivity contribution in [2.45, 2.75) is 26.4 Å². The van der Waals surface area contributed by atoms with Gasteiger partial charge < -0.3 is 30.0 Å². The normalized spacial score (nSPS) is 10.5. The Bertz CT molecular complexity index is 1760. The standard InChI is InChI=1S/C17H19N3O5.C13H11N3O5/c1-17(2,3)25-16(21)14-9-12(7-8-19-14)24-11-5-6-13(18-4)15(10-11)20(22)23;1-14-10-3-2-8(7-12(10)16(19)20)21-9-4-5-15-11(6-9)13(17)18/h5-10,18H,1-4H3;2-7,14H,1H3,(H,17,18). The van der Waals surface area contributed by atoms with Crippen molar-refractivity contribution in [1.29, 1.82) is 0 Å². The fourth-order valence-electron chi connectivity index (χ4n) is 3.66. The van der Waals surface area contributed by atoms with E-state index in [4.69, 9.17) is 19.3 Å². The van der Waals surface area contributed by atoms with E-state index in [-0.39, 0.29) is 40.0 Å². The van der Waals surface area contributed by atoms with E-state index >= 15 is 0 Å². The lowest BCUT2D eigenvalue weighted by Gasteiger charge is -2.19. The Morgan fingerprint density at radius 2 is 1.13 bits per heavy atom. The minimum absolute atomic E-state index is 0.0915. The molecule has 2 heterocycles. The Kier molecular flexibility index (Phi) is 11.1. The van der Waals surface area contributed by atoms with Crippen LogP contribution in [0.4, 0.5) is 22.7 Å². The highest BCUT2D eigenvalue weighted by atomic mass is 16.6. The van der Waals surface area contributed by atoms with Crippen LogP contribution in [-0.4, -0.2) is 56.6 Å². The summed E-state index contributed by atoms with van der Waals surface area (Å²) in [7, 11) is 3.17. The summed E-state index contributed by atoms with van der Waals surface area (Å²) in [4.78, 5) is 51.5. The molecule has 2 aromatic heterocycles. The van der Waals surface area contributed by atoms with E-state index in [0.29, 0.717) is 17.1 Å². The number of pyridine rings is 2. The van der Waals surface area contributed by atoms with E-state index in [1.165, 1.54) is 48.8 Å². The summed E-state index contributed by atoms with van der Waals surface area (Å²) in [5.41, 5.74) is -0.236. The van der Waals surface area contributed by atoms with Crippen LogP contribution in [0.2, 0.25) is 0 Å². The van der Waals surface area contributed by atoms with E-state index in [2.05, 4.69) is 20.6 Å². The zero-order valence-corrected chi connectivity index (χ0v) is 25.3. The van der Waals surface area contributed by atoms with Crippen molar-refractivity contribution in [1.82, 2.24) is 9.97 Å². The largest absolute Gasteiger partial charge is 0.477 e. The van der Waals surface area contributed by atoms with Crippen LogP contribution in [0.3, 0.4) is 0 Å². The van der Waals surface area contributed by atoms with Gasteiger partial charge in [-0.3, -0.25) is 20.2 Å². The highest BCUT2D eigenvalue weighted by Crippen LogP contribution is 2.32. The molecular weight excluding hydrogens is 604 g/mol. The van der Waals surface area contributed by atoms with E-state index in [9.17, 15) is 29.8 Å². The topological polar surface area (TPSA) is 218 Å². The number of carboxylic acid groups (broad SMARTS) is 1. The first-order chi connectivity index (χ1) is 21.7. The van der Waals surface area contributed by atoms with Gasteiger partial charge in [0.15, 0.2) is 11.4 Å². The quantitative estimate of drug-likeness (QED) is 0.0990. The number of ether oxygens (including phenoxy) is 3. The molecule has 0 saturated carbocycles. The minimum atomic E-state index is -1.18. The van der Waals surface area contributed by atoms with Gasteiger partial charge in [-0.2, -0.15) is 0 Å². The highest BCUT2D eigenvalue weighted by Gasteiger charge is 2.20. The number of benzene rings is 2. The number of carboxylic acids is 1. The number of hydrogen-bond acceptors (Lipinski definition) is 13. The molecule has 4 rings (SSSR count). The van der Waals surface area contributed by atoms with Crippen LogP contribution in [-0.2, 0) is 4.74 Å². The van der Waals surface area contributed by atoms with E-state index in [1.807, 2.05) is 0 Å². The molecule has 0 amide bonds. The van der Waals surface area contributed by atoms with Crippen LogP contribution in [0, 0.1) is 20.2 Å². The molecule has 0 bridgehead atoms. The summed E-state index contributed by atoms with van der Waals surface area (Å²) in [6.45, 7) is 5.27. The third kappa shape index (κ3) is 9.60. The number of esters is 1. The number of nitro benzene ring substituents is 2. The first-order valence-electron chi connectivity index (χ1n) is 13.4. The minimum Gasteiger partial charge on any atom is -0.477 e. The summed E-state index contributed by atoms with van der Waals surface area (Å²) in [6.07, 6.45) is 2.69. The van der Waals surface area contributed by atoms with Crippen molar-refractivity contribution < 1.29 is 38.8 Å². The third-order valence-electron chi connectivity index (χ3n) is 5.63. The lowest BCUT2D eigenvalue weighted by atomic mass is 10.2. The van der Waals surface area contributed by atoms with Crippen LogP contribution in [0.1, 0.15) is 41.7 Å². The maximum atomic E-state index is 12.1. The number of anilines is 2. The number of aromatic carboxylic acids is 1. The molecule has 0 saturated heterocycles. The van der Waals surface area contributed by atoms with Crippen molar-refractivity contribution in [3.63, 3.8) is 0 Å². The highest BCUT2D eigenvalue weighted by molar-refractivity contribution is 5.88. The maximum absolute atomic E-state index is 12.1. The molecule has 16 nitrogen and oxygen atoms in total. The molecule has 0 unspecified atom stereocenters. The van der Waals surface area contributed by atoms with Crippen LogP contribution in [0.15, 0.2) is 73.1 Å². The number of carbonyl (C=O) groups excluding carboxylic acids is 1. The molecule has 16 heteroatoms. The molecule has 0 spiro atoms. The number of carbonyl (C=O) groups is 2. The van der Waals surface area contributed by atoms with Gasteiger partial charge >= 0.3 is 11.9 Å². The van der Waals surface area contributed by atoms with E-state index in [1.54, 1.807) is 59.1 Å². The molecule has 0 fully saturated rings. The molecule has 0 aliphatic heterocycles. The van der Waals surface area contributed by atoms with Crippen molar-refractivity contribution in [3.05, 3.63) is 105 Å². The van der Waals surface area contributed by atoms with E-state index in [0.717, 1.165) is 0 Å². The van der Waals surface area contributed by atoms with Gasteiger partial charge in [0.2, 0.25) is 0 Å². The number of hydrogen-bond donors (Lipinski definition) is 3. The monoisotopic (exact) mass is 634 g/mol. The van der Waals surface area contributed by atoms with Gasteiger partial charge in [0, 0.05) is 38.6 Å². The van der Waals surface area contributed by atoms with E-state index < -0.39 is 27.4 Å². The Morgan fingerprint density at radius 1 is 0.717 bits per heavy atom. The molecule has 3 N–H and O–H groups in total. The second-order valence-corrected chi connectivity index (χ2v) is 10.1. The zero-order chi connectivity index (χ0) is 34.0. The fourth-order valence-corrected chi connectivity index (χ4v) is 3.66. The average molecular weight is 635 g/mol. The number of nitro groups is 2. The van der Waals surface area contributed by atoms with Gasteiger partial charge in [0.25, 0.3) is 11.4 Å². The van der Waals surface area contributed by atoms with Crippen LogP contribution >= 0.6 is 0 Å². The SMILES string of the molecule is CNc1ccc(Oc2ccnc(C(=O)O)c2)cc1[N+](=O)[O-].CNc1ccc(Oc2ccnc(C(=O)OC(C)(C)C)c2)cc1[N+](=O)[O-]. The first kappa shape index (κ1) is 34.2. The van der Waals surface area contributed by atoms with Crippen molar-refractivity contribution in [3.8, 4) is 23.0 Å². The number of nitrogens with one attached hydrogen (secondary N) is 2. The Labute approximate surface area is 262 Å². The number of nitrogens with zero attached hydrogens (tertiary/aromatic N) is 4. The van der Waals surface area contributed by atoms with Gasteiger partial charge in [-0.15, -0.1) is 0 Å². The second kappa shape index (κ2) is 14.9. The first-order valence-corrected chi connectivity index (χ1v) is 13.4. The molecule has 0 atom stereocenters. The lowest BCUT2D eigenvalue weighted by Crippen LogP contribution is -2.24. The molecule has 46 heavy (non-hydrogen) atoms. The molecular formula is C30H30N6O10.